The SMILES string of the molecule is COc1ccc(-c2c(C#N)ncn2C)cc1.N. The van der Waals surface area contributed by atoms with E-state index in [0.717, 1.165) is 17.0 Å². The highest BCUT2D eigenvalue weighted by Crippen LogP contribution is 2.24. The number of hydrogen-bond donors (Lipinski definition) is 1. The van der Waals surface area contributed by atoms with Gasteiger partial charge in [0.2, 0.25) is 0 Å². The van der Waals surface area contributed by atoms with Crippen molar-refractivity contribution < 1.29 is 4.74 Å². The first-order valence-corrected chi connectivity index (χ1v) is 4.82. The number of nitrogens with zero attached hydrogens (tertiary/aromatic N) is 3. The molecule has 0 aliphatic heterocycles. The van der Waals surface area contributed by atoms with E-state index in [1.807, 2.05) is 35.9 Å². The molecule has 5 nitrogen and oxygen atoms in total. The molecule has 1 heterocycles. The second kappa shape index (κ2) is 5.14. The summed E-state index contributed by atoms with van der Waals surface area (Å²) < 4.78 is 6.92. The maximum atomic E-state index is 8.94. The lowest BCUT2D eigenvalue weighted by molar-refractivity contribution is 0.415. The fourth-order valence-corrected chi connectivity index (χ4v) is 1.60. The van der Waals surface area contributed by atoms with Crippen LogP contribution in [0.4, 0.5) is 0 Å². The summed E-state index contributed by atoms with van der Waals surface area (Å²) in [5.74, 6) is 0.796. The number of ether oxygens (including phenoxy) is 1. The number of rotatable bonds is 2. The van der Waals surface area contributed by atoms with E-state index in [1.54, 1.807) is 13.4 Å². The number of aryl methyl sites for hydroxylation is 1. The number of nitriles is 1. The molecule has 0 aliphatic carbocycles. The van der Waals surface area contributed by atoms with Gasteiger partial charge in [0, 0.05) is 12.6 Å². The van der Waals surface area contributed by atoms with Crippen LogP contribution >= 0.6 is 0 Å². The highest BCUT2D eigenvalue weighted by atomic mass is 16.5. The predicted octanol–water partition coefficient (Wildman–Crippen LogP) is 2.13. The summed E-state index contributed by atoms with van der Waals surface area (Å²) in [6.45, 7) is 0. The molecule has 1 aromatic heterocycles. The van der Waals surface area contributed by atoms with Crippen LogP contribution in [0.3, 0.4) is 0 Å². The van der Waals surface area contributed by atoms with Gasteiger partial charge < -0.3 is 15.5 Å². The highest BCUT2D eigenvalue weighted by molar-refractivity contribution is 5.66. The topological polar surface area (TPSA) is 85.8 Å². The van der Waals surface area contributed by atoms with E-state index in [-0.39, 0.29) is 6.15 Å². The zero-order valence-electron chi connectivity index (χ0n) is 9.84. The van der Waals surface area contributed by atoms with Crippen molar-refractivity contribution in [2.75, 3.05) is 7.11 Å². The van der Waals surface area contributed by atoms with E-state index in [1.165, 1.54) is 0 Å². The normalized spacial score (nSPS) is 9.24. The number of benzene rings is 1. The lowest BCUT2D eigenvalue weighted by Crippen LogP contribution is -1.91. The summed E-state index contributed by atoms with van der Waals surface area (Å²) in [4.78, 5) is 4.02. The third-order valence-corrected chi connectivity index (χ3v) is 2.41. The minimum absolute atomic E-state index is 0. The van der Waals surface area contributed by atoms with Gasteiger partial charge in [-0.1, -0.05) is 0 Å². The predicted molar refractivity (Wildman–Crippen MR) is 64.9 cm³/mol. The lowest BCUT2D eigenvalue weighted by atomic mass is 10.1. The summed E-state index contributed by atoms with van der Waals surface area (Å²) in [5.41, 5.74) is 2.22. The van der Waals surface area contributed by atoms with Gasteiger partial charge in [-0.15, -0.1) is 0 Å². The Kier molecular flexibility index (Phi) is 3.86. The van der Waals surface area contributed by atoms with Crippen LogP contribution in [-0.2, 0) is 7.05 Å². The molecule has 0 spiro atoms. The molecular weight excluding hydrogens is 216 g/mol. The van der Waals surface area contributed by atoms with Crippen molar-refractivity contribution in [2.45, 2.75) is 0 Å². The van der Waals surface area contributed by atoms with Crippen molar-refractivity contribution in [3.63, 3.8) is 0 Å². The summed E-state index contributed by atoms with van der Waals surface area (Å²) in [7, 11) is 3.49. The van der Waals surface area contributed by atoms with E-state index in [9.17, 15) is 0 Å². The fraction of sp³-hybridized carbons (Fsp3) is 0.167. The van der Waals surface area contributed by atoms with Crippen molar-refractivity contribution >= 4 is 0 Å². The van der Waals surface area contributed by atoms with Gasteiger partial charge in [-0.05, 0) is 24.3 Å². The lowest BCUT2D eigenvalue weighted by Gasteiger charge is -2.04. The van der Waals surface area contributed by atoms with Gasteiger partial charge in [-0.2, -0.15) is 5.26 Å². The molecule has 1 aromatic carbocycles. The first-order valence-electron chi connectivity index (χ1n) is 4.82. The molecule has 0 aliphatic rings. The molecule has 2 aromatic rings. The fourth-order valence-electron chi connectivity index (χ4n) is 1.60. The highest BCUT2D eigenvalue weighted by Gasteiger charge is 2.10. The Balaban J connectivity index is 0.00000144. The molecule has 0 saturated heterocycles. The van der Waals surface area contributed by atoms with Crippen LogP contribution in [0.15, 0.2) is 30.6 Å². The number of hydrogen-bond acceptors (Lipinski definition) is 4. The van der Waals surface area contributed by atoms with Crippen LogP contribution < -0.4 is 10.9 Å². The van der Waals surface area contributed by atoms with Crippen molar-refractivity contribution in [3.8, 4) is 23.1 Å². The van der Waals surface area contributed by atoms with Crippen LogP contribution in [0.25, 0.3) is 11.3 Å². The van der Waals surface area contributed by atoms with Gasteiger partial charge in [0.1, 0.15) is 11.8 Å². The summed E-state index contributed by atoms with van der Waals surface area (Å²) in [6, 6.07) is 9.64. The van der Waals surface area contributed by atoms with E-state index < -0.39 is 0 Å². The Morgan fingerprint density at radius 3 is 2.47 bits per heavy atom. The third-order valence-electron chi connectivity index (χ3n) is 2.41. The second-order valence-electron chi connectivity index (χ2n) is 3.39. The van der Waals surface area contributed by atoms with Crippen LogP contribution in [-0.4, -0.2) is 16.7 Å². The van der Waals surface area contributed by atoms with E-state index in [0.29, 0.717) is 5.69 Å². The zero-order valence-corrected chi connectivity index (χ0v) is 9.84. The quantitative estimate of drug-likeness (QED) is 0.856. The zero-order chi connectivity index (χ0) is 11.5. The minimum atomic E-state index is 0. The monoisotopic (exact) mass is 230 g/mol. The second-order valence-corrected chi connectivity index (χ2v) is 3.39. The summed E-state index contributed by atoms with van der Waals surface area (Å²) in [5, 5.41) is 8.94. The standard InChI is InChI=1S/C12H11N3O.H3N/c1-15-8-14-11(7-13)12(15)9-3-5-10(16-2)6-4-9;/h3-6,8H,1-2H3;1H3. The molecule has 0 saturated carbocycles. The third kappa shape index (κ3) is 2.27. The Morgan fingerprint density at radius 1 is 1.29 bits per heavy atom. The van der Waals surface area contributed by atoms with Gasteiger partial charge in [-0.3, -0.25) is 0 Å². The molecule has 0 bridgehead atoms. The molecule has 88 valence electrons. The first-order chi connectivity index (χ1) is 7.76. The molecule has 0 unspecified atom stereocenters. The number of imidazole rings is 1. The average Bonchev–Trinajstić information content (AvgIpc) is 2.70. The Hall–Kier alpha value is -2.32. The van der Waals surface area contributed by atoms with Gasteiger partial charge in [0.05, 0.1) is 19.1 Å². The molecule has 0 atom stereocenters. The van der Waals surface area contributed by atoms with Gasteiger partial charge in [0.25, 0.3) is 0 Å². The smallest absolute Gasteiger partial charge is 0.166 e. The molecule has 3 N–H and O–H groups in total. The van der Waals surface area contributed by atoms with Gasteiger partial charge in [-0.25, -0.2) is 4.98 Å². The maximum absolute atomic E-state index is 8.94. The van der Waals surface area contributed by atoms with E-state index in [2.05, 4.69) is 11.1 Å². The van der Waals surface area contributed by atoms with Crippen LogP contribution in [0, 0.1) is 11.3 Å². The number of aromatic nitrogens is 2. The average molecular weight is 230 g/mol. The summed E-state index contributed by atoms with van der Waals surface area (Å²) >= 11 is 0. The first kappa shape index (κ1) is 12.7. The van der Waals surface area contributed by atoms with Crippen LogP contribution in [0.1, 0.15) is 5.69 Å². The van der Waals surface area contributed by atoms with Crippen molar-refractivity contribution in [1.29, 1.82) is 5.26 Å². The van der Waals surface area contributed by atoms with Crippen molar-refractivity contribution in [3.05, 3.63) is 36.3 Å². The Labute approximate surface area is 99.9 Å². The molecule has 17 heavy (non-hydrogen) atoms. The van der Waals surface area contributed by atoms with E-state index in [4.69, 9.17) is 10.00 Å². The van der Waals surface area contributed by atoms with Crippen LogP contribution in [0.5, 0.6) is 5.75 Å². The Morgan fingerprint density at radius 2 is 1.94 bits per heavy atom. The van der Waals surface area contributed by atoms with E-state index >= 15 is 0 Å². The molecule has 0 fully saturated rings. The maximum Gasteiger partial charge on any atom is 0.166 e. The van der Waals surface area contributed by atoms with Gasteiger partial charge in [0.15, 0.2) is 5.69 Å². The molecule has 5 heteroatoms. The number of methoxy groups -OCH3 is 1. The summed E-state index contributed by atoms with van der Waals surface area (Å²) in [6.07, 6.45) is 1.64. The molecular formula is C12H14N4O. The minimum Gasteiger partial charge on any atom is -0.497 e. The van der Waals surface area contributed by atoms with Crippen molar-refractivity contribution in [2.24, 2.45) is 7.05 Å². The molecule has 2 rings (SSSR count). The largest absolute Gasteiger partial charge is 0.497 e. The van der Waals surface area contributed by atoms with Crippen LogP contribution in [0.2, 0.25) is 0 Å². The molecule has 0 amide bonds. The molecule has 0 radical (unpaired) electrons. The Bertz CT molecular complexity index is 537. The van der Waals surface area contributed by atoms with Gasteiger partial charge >= 0.3 is 0 Å². The van der Waals surface area contributed by atoms with Crippen molar-refractivity contribution in [1.82, 2.24) is 15.7 Å².